The predicted molar refractivity (Wildman–Crippen MR) is 39.6 cm³/mol. The van der Waals surface area contributed by atoms with E-state index in [0.717, 1.165) is 0 Å². The Hall–Kier alpha value is -0.0300. The fourth-order valence-corrected chi connectivity index (χ4v) is 1.37. The van der Waals surface area contributed by atoms with Gasteiger partial charge in [-0.2, -0.15) is 13.8 Å². The van der Waals surface area contributed by atoms with Gasteiger partial charge in [-0.3, -0.25) is 0 Å². The third-order valence-corrected chi connectivity index (χ3v) is 1.96. The van der Waals surface area contributed by atoms with Gasteiger partial charge in [-0.05, 0) is 37.9 Å². The van der Waals surface area contributed by atoms with Gasteiger partial charge < -0.3 is 0 Å². The number of aromatic nitrogens is 1. The summed E-state index contributed by atoms with van der Waals surface area (Å²) in [5, 5.41) is 0. The normalized spacial score (nSPS) is 10.0. The standard InChI is InChI=1S/C5HBr2F2N/c6-2-1-3(7)5(9)10-4(2)8/h1H. The van der Waals surface area contributed by atoms with E-state index in [1.54, 1.807) is 0 Å². The molecule has 0 unspecified atom stereocenters. The van der Waals surface area contributed by atoms with E-state index in [-0.39, 0.29) is 8.95 Å². The first-order valence-electron chi connectivity index (χ1n) is 2.28. The second-order valence-electron chi connectivity index (χ2n) is 1.53. The Morgan fingerprint density at radius 3 is 1.80 bits per heavy atom. The zero-order chi connectivity index (χ0) is 7.72. The number of pyridine rings is 1. The third kappa shape index (κ3) is 1.52. The van der Waals surface area contributed by atoms with Crippen LogP contribution in [0.3, 0.4) is 0 Å². The predicted octanol–water partition coefficient (Wildman–Crippen LogP) is 2.88. The maximum atomic E-state index is 12.3. The Bertz CT molecular complexity index is 214. The zero-order valence-electron chi connectivity index (χ0n) is 4.54. The van der Waals surface area contributed by atoms with Crippen LogP contribution in [0, 0.1) is 11.9 Å². The zero-order valence-corrected chi connectivity index (χ0v) is 7.71. The van der Waals surface area contributed by atoms with Crippen molar-refractivity contribution in [1.82, 2.24) is 4.98 Å². The van der Waals surface area contributed by atoms with Gasteiger partial charge in [-0.25, -0.2) is 0 Å². The summed E-state index contributed by atoms with van der Waals surface area (Å²) >= 11 is 5.69. The molecule has 1 aromatic heterocycles. The average molecular weight is 273 g/mol. The van der Waals surface area contributed by atoms with Crippen molar-refractivity contribution in [2.45, 2.75) is 0 Å². The lowest BCUT2D eigenvalue weighted by molar-refractivity contribution is 0.504. The van der Waals surface area contributed by atoms with Crippen LogP contribution in [0.25, 0.3) is 0 Å². The van der Waals surface area contributed by atoms with Gasteiger partial charge in [0.15, 0.2) is 0 Å². The molecule has 0 aliphatic carbocycles. The summed E-state index contributed by atoms with van der Waals surface area (Å²) in [4.78, 5) is 2.95. The SMILES string of the molecule is Fc1nc(F)c(Br)cc1Br. The van der Waals surface area contributed by atoms with Crippen molar-refractivity contribution in [3.63, 3.8) is 0 Å². The Morgan fingerprint density at radius 1 is 1.10 bits per heavy atom. The van der Waals surface area contributed by atoms with Crippen molar-refractivity contribution < 1.29 is 8.78 Å². The first-order chi connectivity index (χ1) is 4.61. The van der Waals surface area contributed by atoms with Crippen molar-refractivity contribution in [3.8, 4) is 0 Å². The van der Waals surface area contributed by atoms with Crippen molar-refractivity contribution in [2.24, 2.45) is 0 Å². The molecule has 0 saturated carbocycles. The smallest absolute Gasteiger partial charge is 0.189 e. The fraction of sp³-hybridized carbons (Fsp3) is 0. The minimum atomic E-state index is -0.847. The first-order valence-corrected chi connectivity index (χ1v) is 3.87. The van der Waals surface area contributed by atoms with Crippen molar-refractivity contribution in [1.29, 1.82) is 0 Å². The quantitative estimate of drug-likeness (QED) is 0.662. The summed E-state index contributed by atoms with van der Waals surface area (Å²) in [6, 6.07) is 1.26. The van der Waals surface area contributed by atoms with Gasteiger partial charge in [-0.1, -0.05) is 0 Å². The van der Waals surface area contributed by atoms with E-state index in [9.17, 15) is 8.78 Å². The van der Waals surface area contributed by atoms with E-state index >= 15 is 0 Å². The number of hydrogen-bond donors (Lipinski definition) is 0. The summed E-state index contributed by atoms with van der Waals surface area (Å²) in [6.07, 6.45) is 0. The molecule has 0 aromatic carbocycles. The van der Waals surface area contributed by atoms with Crippen LogP contribution >= 0.6 is 31.9 Å². The number of halogens is 4. The highest BCUT2D eigenvalue weighted by Crippen LogP contribution is 2.20. The highest BCUT2D eigenvalue weighted by Gasteiger charge is 2.06. The number of hydrogen-bond acceptors (Lipinski definition) is 1. The fourth-order valence-electron chi connectivity index (χ4n) is 0.423. The lowest BCUT2D eigenvalue weighted by Crippen LogP contribution is -1.90. The minimum Gasteiger partial charge on any atom is -0.189 e. The molecule has 0 spiro atoms. The van der Waals surface area contributed by atoms with E-state index in [2.05, 4.69) is 36.8 Å². The van der Waals surface area contributed by atoms with E-state index in [1.165, 1.54) is 6.07 Å². The van der Waals surface area contributed by atoms with Gasteiger partial charge in [0.25, 0.3) is 0 Å². The van der Waals surface area contributed by atoms with Crippen molar-refractivity contribution >= 4 is 31.9 Å². The third-order valence-electron chi connectivity index (χ3n) is 0.844. The Labute approximate surface area is 72.7 Å². The van der Waals surface area contributed by atoms with E-state index in [4.69, 9.17) is 0 Å². The monoisotopic (exact) mass is 271 g/mol. The second kappa shape index (κ2) is 2.92. The van der Waals surface area contributed by atoms with E-state index in [0.29, 0.717) is 0 Å². The van der Waals surface area contributed by atoms with Gasteiger partial charge in [0, 0.05) is 0 Å². The summed E-state index contributed by atoms with van der Waals surface area (Å²) in [5.41, 5.74) is 0. The van der Waals surface area contributed by atoms with Crippen LogP contribution in [0.5, 0.6) is 0 Å². The number of nitrogens with zero attached hydrogens (tertiary/aromatic N) is 1. The molecular weight excluding hydrogens is 272 g/mol. The van der Waals surface area contributed by atoms with Crippen LogP contribution in [-0.4, -0.2) is 4.98 Å². The largest absolute Gasteiger partial charge is 0.229 e. The molecule has 10 heavy (non-hydrogen) atoms. The molecule has 1 aromatic rings. The van der Waals surface area contributed by atoms with Crippen LogP contribution < -0.4 is 0 Å². The van der Waals surface area contributed by atoms with E-state index in [1.807, 2.05) is 0 Å². The summed E-state index contributed by atoms with van der Waals surface area (Å²) in [7, 11) is 0. The minimum absolute atomic E-state index is 0.140. The maximum absolute atomic E-state index is 12.3. The molecule has 0 N–H and O–H groups in total. The molecule has 5 heteroatoms. The Kier molecular flexibility index (Phi) is 2.36. The maximum Gasteiger partial charge on any atom is 0.229 e. The molecule has 0 atom stereocenters. The highest BCUT2D eigenvalue weighted by atomic mass is 79.9. The summed E-state index contributed by atoms with van der Waals surface area (Å²) in [6.45, 7) is 0. The molecule has 1 heterocycles. The van der Waals surface area contributed by atoms with Crippen LogP contribution in [0.15, 0.2) is 15.0 Å². The molecule has 0 amide bonds. The molecule has 1 rings (SSSR count). The lowest BCUT2D eigenvalue weighted by atomic mass is 10.5. The Balaban J connectivity index is 3.28. The van der Waals surface area contributed by atoms with Crippen LogP contribution in [0.1, 0.15) is 0 Å². The van der Waals surface area contributed by atoms with Crippen LogP contribution in [-0.2, 0) is 0 Å². The molecule has 1 nitrogen and oxygen atoms in total. The highest BCUT2D eigenvalue weighted by molar-refractivity contribution is 9.11. The van der Waals surface area contributed by atoms with Crippen LogP contribution in [0.4, 0.5) is 8.78 Å². The molecule has 0 radical (unpaired) electrons. The molecule has 0 aliphatic rings. The first kappa shape index (κ1) is 8.07. The molecule has 0 saturated heterocycles. The average Bonchev–Trinajstić information content (AvgIpc) is 1.84. The molecule has 0 aliphatic heterocycles. The molecule has 54 valence electrons. The van der Waals surface area contributed by atoms with Crippen molar-refractivity contribution in [3.05, 3.63) is 26.9 Å². The van der Waals surface area contributed by atoms with E-state index < -0.39 is 11.9 Å². The summed E-state index contributed by atoms with van der Waals surface area (Å²) < 4.78 is 25.0. The number of rotatable bonds is 0. The topological polar surface area (TPSA) is 12.9 Å². The van der Waals surface area contributed by atoms with Crippen molar-refractivity contribution in [2.75, 3.05) is 0 Å². The van der Waals surface area contributed by atoms with Crippen LogP contribution in [0.2, 0.25) is 0 Å². The van der Waals surface area contributed by atoms with Gasteiger partial charge in [-0.15, -0.1) is 0 Å². The summed E-state index contributed by atoms with van der Waals surface area (Å²) in [5.74, 6) is -1.69. The second-order valence-corrected chi connectivity index (χ2v) is 3.24. The molecule has 0 fully saturated rings. The van der Waals surface area contributed by atoms with Gasteiger partial charge in [0.2, 0.25) is 11.9 Å². The lowest BCUT2D eigenvalue weighted by Gasteiger charge is -1.94. The van der Waals surface area contributed by atoms with Gasteiger partial charge in [0.1, 0.15) is 0 Å². The molecule has 0 bridgehead atoms. The Morgan fingerprint density at radius 2 is 1.50 bits per heavy atom. The van der Waals surface area contributed by atoms with Gasteiger partial charge >= 0.3 is 0 Å². The molecular formula is C5HBr2F2N. The van der Waals surface area contributed by atoms with Gasteiger partial charge in [0.05, 0.1) is 8.95 Å².